The molecule has 2 aromatic rings. The second-order valence-electron chi connectivity index (χ2n) is 4.45. The summed E-state index contributed by atoms with van der Waals surface area (Å²) >= 11 is 0. The second-order valence-corrected chi connectivity index (χ2v) is 4.45. The van der Waals surface area contributed by atoms with Gasteiger partial charge in [0.05, 0.1) is 12.2 Å². The molecule has 0 atom stereocenters. The quantitative estimate of drug-likeness (QED) is 0.863. The Hall–Kier alpha value is -2.04. The first-order chi connectivity index (χ1) is 9.24. The van der Waals surface area contributed by atoms with Crippen LogP contribution in [0.4, 0.5) is 5.82 Å². The van der Waals surface area contributed by atoms with Gasteiger partial charge >= 0.3 is 5.69 Å². The van der Waals surface area contributed by atoms with E-state index in [-0.39, 0.29) is 5.69 Å². The van der Waals surface area contributed by atoms with E-state index in [1.54, 1.807) is 9.13 Å². The molecule has 0 saturated heterocycles. The van der Waals surface area contributed by atoms with Crippen molar-refractivity contribution in [2.24, 2.45) is 0 Å². The lowest BCUT2D eigenvalue weighted by Crippen LogP contribution is -2.24. The molecular formula is C14H20N4O. The third kappa shape index (κ3) is 3.24. The molecule has 2 aromatic heterocycles. The van der Waals surface area contributed by atoms with E-state index in [1.807, 2.05) is 37.5 Å². The average Bonchev–Trinajstić information content (AvgIpc) is 2.73. The number of pyridine rings is 1. The summed E-state index contributed by atoms with van der Waals surface area (Å²) in [6.07, 6.45) is 4.61. The third-order valence-electron chi connectivity index (χ3n) is 2.88. The lowest BCUT2D eigenvalue weighted by molar-refractivity contribution is 0.621. The van der Waals surface area contributed by atoms with Crippen molar-refractivity contribution >= 4 is 5.82 Å². The lowest BCUT2D eigenvalue weighted by atomic mass is 10.3. The zero-order valence-electron chi connectivity index (χ0n) is 11.5. The molecule has 0 bridgehead atoms. The smallest absolute Gasteiger partial charge is 0.328 e. The highest BCUT2D eigenvalue weighted by atomic mass is 16.1. The summed E-state index contributed by atoms with van der Waals surface area (Å²) in [5.74, 6) is 0.848. The average molecular weight is 260 g/mol. The second kappa shape index (κ2) is 6.22. The maximum atomic E-state index is 12.1. The molecule has 0 saturated carbocycles. The predicted molar refractivity (Wildman–Crippen MR) is 76.5 cm³/mol. The van der Waals surface area contributed by atoms with Crippen molar-refractivity contribution in [3.8, 4) is 0 Å². The Bertz CT molecular complexity index is 585. The van der Waals surface area contributed by atoms with Gasteiger partial charge in [-0.25, -0.2) is 9.78 Å². The van der Waals surface area contributed by atoms with Crippen LogP contribution in [0.3, 0.4) is 0 Å². The maximum absolute atomic E-state index is 12.1. The monoisotopic (exact) mass is 260 g/mol. The summed E-state index contributed by atoms with van der Waals surface area (Å²) in [5, 5.41) is 3.17. The zero-order chi connectivity index (χ0) is 13.7. The van der Waals surface area contributed by atoms with Gasteiger partial charge < -0.3 is 5.32 Å². The minimum atomic E-state index is 0.0255. The van der Waals surface area contributed by atoms with Gasteiger partial charge in [0, 0.05) is 25.5 Å². The highest BCUT2D eigenvalue weighted by Crippen LogP contribution is 2.05. The SMILES string of the molecule is CCCn1ccn(Cc2cccc(NCC)n2)c1=O. The Morgan fingerprint density at radius 1 is 1.21 bits per heavy atom. The van der Waals surface area contributed by atoms with E-state index in [0.717, 1.165) is 31.0 Å². The van der Waals surface area contributed by atoms with Crippen LogP contribution in [-0.4, -0.2) is 20.7 Å². The molecule has 5 nitrogen and oxygen atoms in total. The topological polar surface area (TPSA) is 51.9 Å². The maximum Gasteiger partial charge on any atom is 0.328 e. The van der Waals surface area contributed by atoms with Crippen molar-refractivity contribution in [2.75, 3.05) is 11.9 Å². The summed E-state index contributed by atoms with van der Waals surface area (Å²) in [5.41, 5.74) is 0.910. The van der Waals surface area contributed by atoms with Gasteiger partial charge in [-0.15, -0.1) is 0 Å². The molecular weight excluding hydrogens is 240 g/mol. The van der Waals surface area contributed by atoms with Gasteiger partial charge in [-0.2, -0.15) is 0 Å². The van der Waals surface area contributed by atoms with Gasteiger partial charge in [-0.1, -0.05) is 13.0 Å². The van der Waals surface area contributed by atoms with E-state index >= 15 is 0 Å². The lowest BCUT2D eigenvalue weighted by Gasteiger charge is -2.05. The summed E-state index contributed by atoms with van der Waals surface area (Å²) in [6, 6.07) is 5.82. The number of anilines is 1. The number of aromatic nitrogens is 3. The Balaban J connectivity index is 2.16. The van der Waals surface area contributed by atoms with Gasteiger partial charge in [-0.05, 0) is 25.5 Å². The molecule has 0 aliphatic carbocycles. The van der Waals surface area contributed by atoms with E-state index < -0.39 is 0 Å². The number of nitrogens with one attached hydrogen (secondary N) is 1. The van der Waals surface area contributed by atoms with Gasteiger partial charge in [0.15, 0.2) is 0 Å². The first kappa shape index (κ1) is 13.4. The molecule has 0 aromatic carbocycles. The Morgan fingerprint density at radius 2 is 2.00 bits per heavy atom. The summed E-state index contributed by atoms with van der Waals surface area (Å²) in [7, 11) is 0. The highest BCUT2D eigenvalue weighted by molar-refractivity contribution is 5.35. The molecule has 2 rings (SSSR count). The minimum absolute atomic E-state index is 0.0255. The van der Waals surface area contributed by atoms with Crippen LogP contribution in [-0.2, 0) is 13.1 Å². The van der Waals surface area contributed by atoms with E-state index in [2.05, 4.69) is 17.2 Å². The Labute approximate surface area is 112 Å². The Kier molecular flexibility index (Phi) is 4.39. The normalized spacial score (nSPS) is 10.6. The molecule has 0 spiro atoms. The standard InChI is InChI=1S/C14H20N4O/c1-3-8-17-9-10-18(14(17)19)11-12-6-5-7-13(16-12)15-4-2/h5-7,9-10H,3-4,8,11H2,1-2H3,(H,15,16). The van der Waals surface area contributed by atoms with Crippen LogP contribution >= 0.6 is 0 Å². The van der Waals surface area contributed by atoms with Crippen molar-refractivity contribution in [1.82, 2.24) is 14.1 Å². The van der Waals surface area contributed by atoms with Crippen LogP contribution in [0.25, 0.3) is 0 Å². The van der Waals surface area contributed by atoms with Crippen molar-refractivity contribution in [2.45, 2.75) is 33.4 Å². The fourth-order valence-electron chi connectivity index (χ4n) is 2.01. The molecule has 0 unspecified atom stereocenters. The van der Waals surface area contributed by atoms with Crippen molar-refractivity contribution in [1.29, 1.82) is 0 Å². The van der Waals surface area contributed by atoms with Gasteiger partial charge in [0.1, 0.15) is 5.82 Å². The largest absolute Gasteiger partial charge is 0.370 e. The van der Waals surface area contributed by atoms with E-state index in [9.17, 15) is 4.79 Å². The number of nitrogens with zero attached hydrogens (tertiary/aromatic N) is 3. The van der Waals surface area contributed by atoms with E-state index in [4.69, 9.17) is 0 Å². The molecule has 1 N–H and O–H groups in total. The summed E-state index contributed by atoms with van der Waals surface area (Å²) in [6.45, 7) is 6.20. The van der Waals surface area contributed by atoms with Crippen LogP contribution in [0.5, 0.6) is 0 Å². The third-order valence-corrected chi connectivity index (χ3v) is 2.88. The van der Waals surface area contributed by atoms with Crippen LogP contribution < -0.4 is 11.0 Å². The molecule has 2 heterocycles. The van der Waals surface area contributed by atoms with Crippen LogP contribution in [0, 0.1) is 0 Å². The molecule has 102 valence electrons. The van der Waals surface area contributed by atoms with Crippen LogP contribution in [0.15, 0.2) is 35.4 Å². The fraction of sp³-hybridized carbons (Fsp3) is 0.429. The highest BCUT2D eigenvalue weighted by Gasteiger charge is 2.04. The predicted octanol–water partition coefficient (Wildman–Crippen LogP) is 1.93. The number of imidazole rings is 1. The number of hydrogen-bond donors (Lipinski definition) is 1. The molecule has 0 fully saturated rings. The van der Waals surface area contributed by atoms with Crippen molar-refractivity contribution in [3.05, 3.63) is 46.8 Å². The van der Waals surface area contributed by atoms with E-state index in [0.29, 0.717) is 6.54 Å². The summed E-state index contributed by atoms with van der Waals surface area (Å²) in [4.78, 5) is 16.5. The first-order valence-corrected chi connectivity index (χ1v) is 6.70. The molecule has 0 aliphatic rings. The van der Waals surface area contributed by atoms with E-state index in [1.165, 1.54) is 0 Å². The first-order valence-electron chi connectivity index (χ1n) is 6.70. The van der Waals surface area contributed by atoms with Gasteiger partial charge in [0.25, 0.3) is 0 Å². The van der Waals surface area contributed by atoms with Crippen molar-refractivity contribution in [3.63, 3.8) is 0 Å². The van der Waals surface area contributed by atoms with Gasteiger partial charge in [0.2, 0.25) is 0 Å². The zero-order valence-corrected chi connectivity index (χ0v) is 11.5. The van der Waals surface area contributed by atoms with Crippen molar-refractivity contribution < 1.29 is 0 Å². The number of aryl methyl sites for hydroxylation is 1. The summed E-state index contributed by atoms with van der Waals surface area (Å²) < 4.78 is 3.42. The van der Waals surface area contributed by atoms with Crippen LogP contribution in [0.1, 0.15) is 26.0 Å². The molecule has 0 radical (unpaired) electrons. The minimum Gasteiger partial charge on any atom is -0.370 e. The number of rotatable bonds is 6. The molecule has 5 heteroatoms. The molecule has 19 heavy (non-hydrogen) atoms. The number of hydrogen-bond acceptors (Lipinski definition) is 3. The molecule has 0 aliphatic heterocycles. The Morgan fingerprint density at radius 3 is 2.74 bits per heavy atom. The van der Waals surface area contributed by atoms with Crippen LogP contribution in [0.2, 0.25) is 0 Å². The molecule has 0 amide bonds. The van der Waals surface area contributed by atoms with Gasteiger partial charge in [-0.3, -0.25) is 9.13 Å². The fourth-order valence-corrected chi connectivity index (χ4v) is 2.01.